The summed E-state index contributed by atoms with van der Waals surface area (Å²) < 4.78 is 1.92. The number of hydrogen-bond acceptors (Lipinski definition) is 3. The molecule has 2 atom stereocenters. The molecule has 1 heterocycles. The number of rotatable bonds is 7. The zero-order valence-electron chi connectivity index (χ0n) is 12.7. The van der Waals surface area contributed by atoms with Crippen molar-refractivity contribution in [3.05, 3.63) is 53.9 Å². The van der Waals surface area contributed by atoms with E-state index in [9.17, 15) is 4.79 Å². The first-order valence-electron chi connectivity index (χ1n) is 7.46. The lowest BCUT2D eigenvalue weighted by molar-refractivity contribution is -0.118. The summed E-state index contributed by atoms with van der Waals surface area (Å²) in [5.41, 5.74) is 7.89. The summed E-state index contributed by atoms with van der Waals surface area (Å²) in [7, 11) is 0. The molecular formula is C17H23N3O. The van der Waals surface area contributed by atoms with Crippen LogP contribution < -0.4 is 5.73 Å². The van der Waals surface area contributed by atoms with Crippen molar-refractivity contribution in [1.29, 1.82) is 0 Å². The topological polar surface area (TPSA) is 60.9 Å². The van der Waals surface area contributed by atoms with E-state index in [0.29, 0.717) is 18.9 Å². The Morgan fingerprint density at radius 1 is 1.29 bits per heavy atom. The number of Topliss-reactive ketones (excluding diaryl/α,β-unsaturated/α-hetero) is 1. The van der Waals surface area contributed by atoms with Crippen LogP contribution in [0.1, 0.15) is 50.0 Å². The second kappa shape index (κ2) is 7.18. The highest BCUT2D eigenvalue weighted by Gasteiger charge is 2.14. The van der Waals surface area contributed by atoms with Gasteiger partial charge < -0.3 is 5.73 Å². The third kappa shape index (κ3) is 4.26. The van der Waals surface area contributed by atoms with Crippen LogP contribution in [0.4, 0.5) is 0 Å². The van der Waals surface area contributed by atoms with Gasteiger partial charge in [0.15, 0.2) is 0 Å². The number of nitrogens with zero attached hydrogens (tertiary/aromatic N) is 2. The number of ketones is 1. The normalized spacial score (nSPS) is 13.9. The second-order valence-electron chi connectivity index (χ2n) is 5.48. The quantitative estimate of drug-likeness (QED) is 0.850. The van der Waals surface area contributed by atoms with Gasteiger partial charge in [-0.15, -0.1) is 0 Å². The fourth-order valence-corrected chi connectivity index (χ4v) is 2.24. The van der Waals surface area contributed by atoms with Gasteiger partial charge in [-0.3, -0.25) is 9.48 Å². The van der Waals surface area contributed by atoms with Crippen LogP contribution in [-0.4, -0.2) is 15.6 Å². The fourth-order valence-electron chi connectivity index (χ4n) is 2.24. The number of benzene rings is 1. The van der Waals surface area contributed by atoms with Gasteiger partial charge in [-0.05, 0) is 25.0 Å². The van der Waals surface area contributed by atoms with E-state index in [2.05, 4.69) is 18.9 Å². The maximum Gasteiger partial charge on any atom is 0.140 e. The average Bonchev–Trinajstić information content (AvgIpc) is 2.95. The second-order valence-corrected chi connectivity index (χ2v) is 5.48. The summed E-state index contributed by atoms with van der Waals surface area (Å²) in [5.74, 6) is 0.126. The van der Waals surface area contributed by atoms with E-state index in [1.807, 2.05) is 47.3 Å². The molecule has 1 aromatic carbocycles. The molecule has 0 spiro atoms. The largest absolute Gasteiger partial charge is 0.324 e. The minimum absolute atomic E-state index is 0.126. The molecule has 0 aliphatic carbocycles. The van der Waals surface area contributed by atoms with Crippen molar-refractivity contribution in [3.63, 3.8) is 0 Å². The van der Waals surface area contributed by atoms with E-state index in [1.165, 1.54) is 0 Å². The Bertz CT molecular complexity index is 577. The predicted octanol–water partition coefficient (Wildman–Crippen LogP) is 3.06. The van der Waals surface area contributed by atoms with Crippen molar-refractivity contribution in [1.82, 2.24) is 9.78 Å². The van der Waals surface area contributed by atoms with Crippen molar-refractivity contribution in [3.8, 4) is 0 Å². The lowest BCUT2D eigenvalue weighted by Gasteiger charge is -2.10. The lowest BCUT2D eigenvalue weighted by Crippen LogP contribution is -2.17. The highest BCUT2D eigenvalue weighted by Crippen LogP contribution is 2.15. The molecule has 2 unspecified atom stereocenters. The highest BCUT2D eigenvalue weighted by molar-refractivity contribution is 5.81. The lowest BCUT2D eigenvalue weighted by atomic mass is 10.0. The summed E-state index contributed by atoms with van der Waals surface area (Å²) in [6.07, 6.45) is 3.66. The first-order valence-corrected chi connectivity index (χ1v) is 7.46. The summed E-state index contributed by atoms with van der Waals surface area (Å²) in [6.45, 7) is 4.24. The zero-order valence-corrected chi connectivity index (χ0v) is 12.7. The maximum atomic E-state index is 12.1. The predicted molar refractivity (Wildman–Crippen MR) is 83.9 cm³/mol. The molecule has 0 saturated heterocycles. The molecular weight excluding hydrogens is 262 g/mol. The molecule has 0 aliphatic rings. The maximum absolute atomic E-state index is 12.1. The third-order valence-corrected chi connectivity index (χ3v) is 3.76. The van der Waals surface area contributed by atoms with Crippen LogP contribution >= 0.6 is 0 Å². The Morgan fingerprint density at radius 3 is 2.67 bits per heavy atom. The van der Waals surface area contributed by atoms with E-state index in [1.54, 1.807) is 0 Å². The van der Waals surface area contributed by atoms with Crippen LogP contribution in [-0.2, 0) is 11.2 Å². The Balaban J connectivity index is 1.91. The van der Waals surface area contributed by atoms with Crippen LogP contribution in [0.3, 0.4) is 0 Å². The first-order chi connectivity index (χ1) is 10.1. The molecule has 4 nitrogen and oxygen atoms in total. The van der Waals surface area contributed by atoms with E-state index < -0.39 is 0 Å². The van der Waals surface area contributed by atoms with Gasteiger partial charge >= 0.3 is 0 Å². The van der Waals surface area contributed by atoms with Crippen LogP contribution in [0.15, 0.2) is 42.6 Å². The van der Waals surface area contributed by atoms with Crippen LogP contribution in [0.5, 0.6) is 0 Å². The Morgan fingerprint density at radius 2 is 2.00 bits per heavy atom. The van der Waals surface area contributed by atoms with Gasteiger partial charge in [0.2, 0.25) is 0 Å². The highest BCUT2D eigenvalue weighted by atomic mass is 16.1. The van der Waals surface area contributed by atoms with Gasteiger partial charge in [-0.2, -0.15) is 5.10 Å². The molecule has 21 heavy (non-hydrogen) atoms. The van der Waals surface area contributed by atoms with E-state index in [0.717, 1.165) is 17.7 Å². The van der Waals surface area contributed by atoms with Gasteiger partial charge in [0, 0.05) is 24.7 Å². The molecule has 0 bridgehead atoms. The average molecular weight is 285 g/mol. The summed E-state index contributed by atoms with van der Waals surface area (Å²) >= 11 is 0. The molecule has 2 aromatic rings. The van der Waals surface area contributed by atoms with E-state index in [4.69, 9.17) is 5.73 Å². The molecule has 0 saturated carbocycles. The van der Waals surface area contributed by atoms with Crippen molar-refractivity contribution < 1.29 is 4.79 Å². The van der Waals surface area contributed by atoms with Crippen molar-refractivity contribution in [2.45, 2.75) is 45.2 Å². The molecule has 4 heteroatoms. The molecule has 2 N–H and O–H groups in total. The van der Waals surface area contributed by atoms with Crippen molar-refractivity contribution in [2.24, 2.45) is 5.73 Å². The Kier molecular flexibility index (Phi) is 5.28. The third-order valence-electron chi connectivity index (χ3n) is 3.76. The molecule has 0 fully saturated rings. The first kappa shape index (κ1) is 15.4. The Hall–Kier alpha value is -1.94. The minimum Gasteiger partial charge on any atom is -0.324 e. The van der Waals surface area contributed by atoms with Crippen LogP contribution in [0.2, 0.25) is 0 Å². The molecule has 0 radical (unpaired) electrons. The van der Waals surface area contributed by atoms with Crippen LogP contribution in [0.25, 0.3) is 0 Å². The molecule has 0 aliphatic heterocycles. The van der Waals surface area contributed by atoms with E-state index >= 15 is 0 Å². The summed E-state index contributed by atoms with van der Waals surface area (Å²) in [5, 5.41) is 4.46. The smallest absolute Gasteiger partial charge is 0.140 e. The summed E-state index contributed by atoms with van der Waals surface area (Å²) in [6, 6.07) is 11.8. The Labute approximate surface area is 126 Å². The van der Waals surface area contributed by atoms with Crippen LogP contribution in [0, 0.1) is 0 Å². The standard InChI is InChI=1S/C17H23N3O/c1-3-13(2)20-10-9-15(19-20)11-16(21)12-17(18)14-7-5-4-6-8-14/h4-10,13,17H,3,11-12,18H2,1-2H3. The van der Waals surface area contributed by atoms with Gasteiger partial charge in [0.05, 0.1) is 12.1 Å². The monoisotopic (exact) mass is 285 g/mol. The van der Waals surface area contributed by atoms with Gasteiger partial charge in [0.1, 0.15) is 5.78 Å². The van der Waals surface area contributed by atoms with Gasteiger partial charge in [-0.1, -0.05) is 37.3 Å². The molecule has 0 amide bonds. The van der Waals surface area contributed by atoms with Crippen molar-refractivity contribution >= 4 is 5.78 Å². The number of nitrogens with two attached hydrogens (primary N) is 1. The summed E-state index contributed by atoms with van der Waals surface area (Å²) in [4.78, 5) is 12.1. The number of carbonyl (C=O) groups is 1. The molecule has 1 aromatic heterocycles. The fraction of sp³-hybridized carbons (Fsp3) is 0.412. The minimum atomic E-state index is -0.240. The SMILES string of the molecule is CCC(C)n1ccc(CC(=O)CC(N)c2ccccc2)n1. The van der Waals surface area contributed by atoms with Crippen molar-refractivity contribution in [2.75, 3.05) is 0 Å². The molecule has 112 valence electrons. The van der Waals surface area contributed by atoms with E-state index in [-0.39, 0.29) is 11.8 Å². The zero-order chi connectivity index (χ0) is 15.2. The number of aromatic nitrogens is 2. The number of hydrogen-bond donors (Lipinski definition) is 1. The molecule has 2 rings (SSSR count). The van der Waals surface area contributed by atoms with Gasteiger partial charge in [-0.25, -0.2) is 0 Å². The number of carbonyl (C=O) groups excluding carboxylic acids is 1. The van der Waals surface area contributed by atoms with Gasteiger partial charge in [0.25, 0.3) is 0 Å².